The lowest BCUT2D eigenvalue weighted by Crippen LogP contribution is -2.25. The lowest BCUT2D eigenvalue weighted by molar-refractivity contribution is -0.113. The number of aromatic carboxylic acids is 1. The summed E-state index contributed by atoms with van der Waals surface area (Å²) in [7, 11) is 0. The van der Waals surface area contributed by atoms with Gasteiger partial charge in [0, 0.05) is 5.57 Å². The van der Waals surface area contributed by atoms with Crippen LogP contribution in [0, 0.1) is 0 Å². The van der Waals surface area contributed by atoms with Gasteiger partial charge in [-0.05, 0) is 76.5 Å². The molecule has 0 unspecified atom stereocenters. The number of rotatable bonds is 6. The Hall–Kier alpha value is -3.35. The molecular weight excluding hydrogens is 506 g/mol. The molecule has 5 nitrogen and oxygen atoms in total. The van der Waals surface area contributed by atoms with E-state index in [0.717, 1.165) is 21.3 Å². The molecule has 3 aromatic rings. The summed E-state index contributed by atoms with van der Waals surface area (Å²) in [6, 6.07) is 19.6. The number of anilines is 1. The van der Waals surface area contributed by atoms with Crippen LogP contribution in [0.5, 0.6) is 5.75 Å². The second-order valence-corrected chi connectivity index (χ2v) is 8.49. The number of halogens is 2. The first-order valence-electron chi connectivity index (χ1n) is 10.2. The van der Waals surface area contributed by atoms with Crippen LogP contribution >= 0.6 is 27.5 Å². The Bertz CT molecular complexity index is 1300. The normalized spacial score (nSPS) is 14.5. The number of hydrogen-bond donors (Lipinski definition) is 1. The van der Waals surface area contributed by atoms with Crippen molar-refractivity contribution in [2.75, 3.05) is 11.5 Å². The molecule has 0 atom stereocenters. The Morgan fingerprint density at radius 2 is 1.88 bits per heavy atom. The van der Waals surface area contributed by atoms with Crippen LogP contribution in [0.2, 0.25) is 5.02 Å². The number of carboxylic acid groups (broad SMARTS) is 1. The molecule has 1 aliphatic heterocycles. The predicted molar refractivity (Wildman–Crippen MR) is 134 cm³/mol. The molecule has 0 bridgehead atoms. The van der Waals surface area contributed by atoms with Crippen molar-refractivity contribution in [3.63, 3.8) is 0 Å². The van der Waals surface area contributed by atoms with Crippen molar-refractivity contribution in [3.05, 3.63) is 105 Å². The highest BCUT2D eigenvalue weighted by Gasteiger charge is 2.31. The lowest BCUT2D eigenvalue weighted by Gasteiger charge is -2.21. The molecule has 33 heavy (non-hydrogen) atoms. The van der Waals surface area contributed by atoms with E-state index in [1.54, 1.807) is 18.2 Å². The third-order valence-corrected chi connectivity index (χ3v) is 6.02. The Morgan fingerprint density at radius 1 is 1.12 bits per heavy atom. The summed E-state index contributed by atoms with van der Waals surface area (Å²) < 4.78 is 6.35. The molecule has 0 radical (unpaired) electrons. The van der Waals surface area contributed by atoms with Crippen LogP contribution in [-0.4, -0.2) is 23.6 Å². The highest BCUT2D eigenvalue weighted by Crippen LogP contribution is 2.37. The summed E-state index contributed by atoms with van der Waals surface area (Å²) in [5.41, 5.74) is 3.12. The van der Waals surface area contributed by atoms with Crippen molar-refractivity contribution in [3.8, 4) is 5.75 Å². The van der Waals surface area contributed by atoms with Crippen molar-refractivity contribution in [1.29, 1.82) is 0 Å². The van der Waals surface area contributed by atoms with Crippen molar-refractivity contribution in [2.45, 2.75) is 6.92 Å². The molecule has 0 spiro atoms. The van der Waals surface area contributed by atoms with Gasteiger partial charge in [0.05, 0.1) is 33.1 Å². The van der Waals surface area contributed by atoms with Crippen LogP contribution < -0.4 is 9.64 Å². The summed E-state index contributed by atoms with van der Waals surface area (Å²) in [6.45, 7) is 2.46. The molecule has 1 heterocycles. The zero-order valence-electron chi connectivity index (χ0n) is 17.6. The molecule has 0 aromatic heterocycles. The Labute approximate surface area is 204 Å². The molecule has 0 fully saturated rings. The molecule has 4 rings (SSSR count). The lowest BCUT2D eigenvalue weighted by atomic mass is 10.1. The zero-order chi connectivity index (χ0) is 23.5. The molecule has 1 aliphatic rings. The van der Waals surface area contributed by atoms with E-state index < -0.39 is 5.97 Å². The smallest absolute Gasteiger partial charge is 0.337 e. The minimum absolute atomic E-state index is 0.0674. The van der Waals surface area contributed by atoms with Crippen LogP contribution in [0.15, 0.2) is 82.9 Å². The van der Waals surface area contributed by atoms with Gasteiger partial charge in [0.1, 0.15) is 5.75 Å². The van der Waals surface area contributed by atoms with Crippen LogP contribution in [0.1, 0.15) is 28.4 Å². The van der Waals surface area contributed by atoms with Gasteiger partial charge in [0.25, 0.3) is 5.91 Å². The maximum absolute atomic E-state index is 13.5. The molecule has 1 N–H and O–H groups in total. The molecule has 1 amide bonds. The second-order valence-electron chi connectivity index (χ2n) is 7.23. The van der Waals surface area contributed by atoms with Gasteiger partial charge in [0.2, 0.25) is 0 Å². The van der Waals surface area contributed by atoms with Crippen LogP contribution in [0.3, 0.4) is 0 Å². The fourth-order valence-corrected chi connectivity index (χ4v) is 4.28. The fourth-order valence-electron chi connectivity index (χ4n) is 3.57. The first-order valence-corrected chi connectivity index (χ1v) is 11.3. The Kier molecular flexibility index (Phi) is 6.67. The molecular formula is C26H19BrClNO4. The van der Waals surface area contributed by atoms with E-state index in [9.17, 15) is 14.7 Å². The zero-order valence-corrected chi connectivity index (χ0v) is 19.9. The number of carbonyl (C=O) groups is 2. The number of benzene rings is 3. The SMILES string of the molecule is CCOc1ccc(/C=C2\C=C(c3ccccc3)N(c3ccc(Cl)c(C(=O)O)c3)C2=O)cc1Br. The number of amides is 1. The highest BCUT2D eigenvalue weighted by molar-refractivity contribution is 9.10. The van der Waals surface area contributed by atoms with Gasteiger partial charge in [-0.1, -0.05) is 48.0 Å². The summed E-state index contributed by atoms with van der Waals surface area (Å²) >= 11 is 9.55. The molecule has 7 heteroatoms. The molecule has 3 aromatic carbocycles. The van der Waals surface area contributed by atoms with Gasteiger partial charge in [-0.25, -0.2) is 4.79 Å². The van der Waals surface area contributed by atoms with Crippen molar-refractivity contribution in [1.82, 2.24) is 0 Å². The quantitative estimate of drug-likeness (QED) is 0.366. The molecule has 0 aliphatic carbocycles. The number of carboxylic acids is 1. The van der Waals surface area contributed by atoms with Crippen molar-refractivity contribution < 1.29 is 19.4 Å². The molecule has 0 saturated carbocycles. The van der Waals surface area contributed by atoms with Gasteiger partial charge in [-0.2, -0.15) is 0 Å². The van der Waals surface area contributed by atoms with Gasteiger partial charge >= 0.3 is 5.97 Å². The van der Waals surface area contributed by atoms with E-state index >= 15 is 0 Å². The van der Waals surface area contributed by atoms with E-state index in [2.05, 4.69) is 15.9 Å². The number of nitrogens with zero attached hydrogens (tertiary/aromatic N) is 1. The number of hydrogen-bond acceptors (Lipinski definition) is 3. The van der Waals surface area contributed by atoms with Crippen LogP contribution in [-0.2, 0) is 4.79 Å². The largest absolute Gasteiger partial charge is 0.493 e. The molecule has 0 saturated heterocycles. The number of carbonyl (C=O) groups excluding carboxylic acids is 1. The first kappa shape index (κ1) is 22.8. The van der Waals surface area contributed by atoms with Gasteiger partial charge < -0.3 is 9.84 Å². The van der Waals surface area contributed by atoms with E-state index in [0.29, 0.717) is 23.6 Å². The summed E-state index contributed by atoms with van der Waals surface area (Å²) in [4.78, 5) is 26.6. The summed E-state index contributed by atoms with van der Waals surface area (Å²) in [5.74, 6) is -0.701. The predicted octanol–water partition coefficient (Wildman–Crippen LogP) is 6.67. The van der Waals surface area contributed by atoms with Crippen LogP contribution in [0.25, 0.3) is 11.8 Å². The standard InChI is InChI=1S/C26H19BrClNO4/c1-2-33-24-11-8-16(13-21(24)27)12-18-14-23(17-6-4-3-5-7-17)29(25(18)30)19-9-10-22(28)20(15-19)26(31)32/h3-15H,2H2,1H3,(H,31,32)/b18-12+. The Balaban J connectivity index is 1.80. The van der Waals surface area contributed by atoms with E-state index in [1.165, 1.54) is 17.0 Å². The minimum Gasteiger partial charge on any atom is -0.493 e. The Morgan fingerprint density at radius 3 is 2.55 bits per heavy atom. The van der Waals surface area contributed by atoms with E-state index in [1.807, 2.05) is 55.5 Å². The third kappa shape index (κ3) is 4.72. The fraction of sp³-hybridized carbons (Fsp3) is 0.0769. The van der Waals surface area contributed by atoms with Gasteiger partial charge in [-0.3, -0.25) is 9.69 Å². The number of ether oxygens (including phenoxy) is 1. The maximum atomic E-state index is 13.5. The van der Waals surface area contributed by atoms with Crippen molar-refractivity contribution >= 4 is 56.9 Å². The average molecular weight is 525 g/mol. The van der Waals surface area contributed by atoms with E-state index in [4.69, 9.17) is 16.3 Å². The maximum Gasteiger partial charge on any atom is 0.337 e. The molecule has 166 valence electrons. The minimum atomic E-state index is -1.16. The van der Waals surface area contributed by atoms with E-state index in [-0.39, 0.29) is 16.5 Å². The average Bonchev–Trinajstić information content (AvgIpc) is 3.12. The van der Waals surface area contributed by atoms with Crippen molar-refractivity contribution in [2.24, 2.45) is 0 Å². The summed E-state index contributed by atoms with van der Waals surface area (Å²) in [5, 5.41) is 9.60. The first-order chi connectivity index (χ1) is 15.9. The monoisotopic (exact) mass is 523 g/mol. The highest BCUT2D eigenvalue weighted by atomic mass is 79.9. The summed E-state index contributed by atoms with van der Waals surface area (Å²) in [6.07, 6.45) is 3.59. The van der Waals surface area contributed by atoms with Gasteiger partial charge in [-0.15, -0.1) is 0 Å². The third-order valence-electron chi connectivity index (χ3n) is 5.07. The second kappa shape index (κ2) is 9.65. The van der Waals surface area contributed by atoms with Crippen LogP contribution in [0.4, 0.5) is 5.69 Å². The topological polar surface area (TPSA) is 66.8 Å². The van der Waals surface area contributed by atoms with Gasteiger partial charge in [0.15, 0.2) is 0 Å².